The summed E-state index contributed by atoms with van der Waals surface area (Å²) in [4.78, 5) is 0. The molecule has 0 aromatic heterocycles. The second-order valence-electron chi connectivity index (χ2n) is 12.9. The third-order valence-electron chi connectivity index (χ3n) is 3.33. The molecule has 2 rings (SSSR count). The summed E-state index contributed by atoms with van der Waals surface area (Å²) in [7, 11) is 0. The van der Waals surface area contributed by atoms with E-state index in [-0.39, 0.29) is 0 Å². The molecule has 0 saturated carbocycles. The van der Waals surface area contributed by atoms with Crippen molar-refractivity contribution in [2.75, 3.05) is 0 Å². The first-order valence-corrected chi connectivity index (χ1v) is 15.7. The molecular formula is C37H61O3W. The normalized spacial score (nSPS) is 10.7. The van der Waals surface area contributed by atoms with Crippen LogP contribution in [0, 0.1) is 28.4 Å². The summed E-state index contributed by atoms with van der Waals surface area (Å²) in [6.07, 6.45) is 8.57. The molecule has 0 fully saturated rings. The molecule has 233 valence electrons. The fourth-order valence-electron chi connectivity index (χ4n) is 2.15. The maximum atomic E-state index is 8.52. The van der Waals surface area contributed by atoms with E-state index in [1.165, 1.54) is 30.3 Å². The van der Waals surface area contributed by atoms with E-state index in [4.69, 9.17) is 21.7 Å². The van der Waals surface area contributed by atoms with Crippen molar-refractivity contribution in [3.8, 4) is 16.5 Å². The molecular weight excluding hydrogens is 676 g/mol. The number of hydrogen-bond donors (Lipinski definition) is 3. The average Bonchev–Trinajstić information content (AvgIpc) is 2.81. The zero-order chi connectivity index (χ0) is 33.3. The van der Waals surface area contributed by atoms with Gasteiger partial charge in [-0.05, 0) is 97.4 Å². The zero-order valence-electron chi connectivity index (χ0n) is 28.5. The van der Waals surface area contributed by atoms with Crippen molar-refractivity contribution in [3.05, 3.63) is 77.9 Å². The third kappa shape index (κ3) is 58.6. The fourth-order valence-corrected chi connectivity index (χ4v) is 2.15. The van der Waals surface area contributed by atoms with E-state index in [1.54, 1.807) is 62.3 Å². The quantitative estimate of drug-likeness (QED) is 0.276. The van der Waals surface area contributed by atoms with Crippen LogP contribution < -0.4 is 0 Å². The van der Waals surface area contributed by atoms with Gasteiger partial charge in [0, 0.05) is 5.56 Å². The van der Waals surface area contributed by atoms with E-state index >= 15 is 0 Å². The van der Waals surface area contributed by atoms with Crippen LogP contribution in [0.3, 0.4) is 0 Å². The first-order chi connectivity index (χ1) is 18.5. The fraction of sp³-hybridized carbons (Fsp3) is 0.541. The van der Waals surface area contributed by atoms with Crippen LogP contribution in [0.4, 0.5) is 0 Å². The summed E-state index contributed by atoms with van der Waals surface area (Å²) in [5.41, 5.74) is 2.25. The summed E-state index contributed by atoms with van der Waals surface area (Å²) in [6.45, 7) is 26.7. The average molecular weight is 738 g/mol. The molecule has 0 atom stereocenters. The molecule has 2 aromatic rings. The van der Waals surface area contributed by atoms with Crippen LogP contribution in [0.15, 0.2) is 66.7 Å². The van der Waals surface area contributed by atoms with Crippen molar-refractivity contribution in [3.63, 3.8) is 0 Å². The van der Waals surface area contributed by atoms with Crippen LogP contribution >= 0.6 is 0 Å². The van der Waals surface area contributed by atoms with Gasteiger partial charge in [0.1, 0.15) is 0 Å². The molecule has 0 bridgehead atoms. The second kappa shape index (κ2) is 25.8. The van der Waals surface area contributed by atoms with Gasteiger partial charge in [0.05, 0.1) is 16.8 Å². The van der Waals surface area contributed by atoms with Crippen molar-refractivity contribution in [2.45, 2.75) is 120 Å². The number of benzene rings is 2. The Balaban J connectivity index is -0.000000217. The van der Waals surface area contributed by atoms with Crippen LogP contribution in [0.2, 0.25) is 0 Å². The van der Waals surface area contributed by atoms with Crippen LogP contribution in [-0.4, -0.2) is 32.1 Å². The maximum absolute atomic E-state index is 8.52. The second-order valence-corrected chi connectivity index (χ2v) is 13.9. The van der Waals surface area contributed by atoms with Gasteiger partial charge in [-0.25, -0.2) is 0 Å². The molecule has 0 aliphatic rings. The Morgan fingerprint density at radius 1 is 0.732 bits per heavy atom. The van der Waals surface area contributed by atoms with Crippen LogP contribution in [0.25, 0.3) is 5.57 Å². The molecule has 3 N–H and O–H groups in total. The molecule has 4 heteroatoms. The van der Waals surface area contributed by atoms with Gasteiger partial charge in [0.25, 0.3) is 0 Å². The SMILES string of the molecule is C#Cc1ccccc1.CC(C)(C)O.CC(C)(C)O.CC(C)(C)O.CC(C)/C=C(\c1ccccc1)C(C)C.CC[C]#[W]. The Hall–Kier alpha value is -1.91. The van der Waals surface area contributed by atoms with Crippen LogP contribution in [-0.2, 0) is 19.2 Å². The van der Waals surface area contributed by atoms with Gasteiger partial charge in [-0.2, -0.15) is 0 Å². The first-order valence-electron chi connectivity index (χ1n) is 14.3. The van der Waals surface area contributed by atoms with E-state index in [0.717, 1.165) is 12.0 Å². The molecule has 0 spiro atoms. The topological polar surface area (TPSA) is 60.7 Å². The minimum atomic E-state index is -0.500. The predicted molar refractivity (Wildman–Crippen MR) is 179 cm³/mol. The van der Waals surface area contributed by atoms with Gasteiger partial charge in [0.2, 0.25) is 0 Å². The molecule has 41 heavy (non-hydrogen) atoms. The number of allylic oxidation sites excluding steroid dienone is 2. The van der Waals surface area contributed by atoms with Crippen molar-refractivity contribution in [1.82, 2.24) is 0 Å². The number of rotatable bonds is 3. The van der Waals surface area contributed by atoms with E-state index in [0.29, 0.717) is 11.8 Å². The molecule has 0 aliphatic heterocycles. The summed E-state index contributed by atoms with van der Waals surface area (Å²) in [5, 5.41) is 25.6. The molecule has 0 unspecified atom stereocenters. The third-order valence-corrected chi connectivity index (χ3v) is 4.36. The summed E-state index contributed by atoms with van der Waals surface area (Å²) < 4.78 is 3.01. The standard InChI is InChI=1S/C14H20.C8H6.3C4H10O.C3H5.W/c1-11(2)10-14(12(3)4)13-8-6-5-7-9-13;1-2-8-6-4-3-5-7-8;3*1-4(2,3)5;1-3-2;/h5-12H,1-4H3;1,3-7H;3*5H,1-3H3;3H2,1H3;/b14-10-;;;;;;. The molecule has 3 nitrogen and oxygen atoms in total. The summed E-state index contributed by atoms with van der Waals surface area (Å²) in [6, 6.07) is 20.3. The molecule has 0 saturated heterocycles. The number of terminal acetylenes is 1. The van der Waals surface area contributed by atoms with Gasteiger partial charge in [-0.1, -0.05) is 88.2 Å². The van der Waals surface area contributed by atoms with Crippen LogP contribution in [0.1, 0.15) is 114 Å². The molecule has 2 aromatic carbocycles. The molecule has 0 heterocycles. The van der Waals surface area contributed by atoms with E-state index in [2.05, 4.69) is 81.1 Å². The van der Waals surface area contributed by atoms with Crippen molar-refractivity contribution < 1.29 is 34.5 Å². The van der Waals surface area contributed by atoms with Gasteiger partial charge in [0.15, 0.2) is 0 Å². The van der Waals surface area contributed by atoms with Gasteiger partial charge >= 0.3 is 36.7 Å². The summed E-state index contributed by atoms with van der Waals surface area (Å²) >= 11 is 1.46. The van der Waals surface area contributed by atoms with Crippen molar-refractivity contribution >= 4 is 5.57 Å². The van der Waals surface area contributed by atoms with Crippen molar-refractivity contribution in [1.29, 1.82) is 0 Å². The Morgan fingerprint density at radius 3 is 1.22 bits per heavy atom. The molecule has 0 amide bonds. The zero-order valence-corrected chi connectivity index (χ0v) is 31.5. The van der Waals surface area contributed by atoms with Gasteiger partial charge in [-0.15, -0.1) is 6.42 Å². The molecule has 0 aliphatic carbocycles. The van der Waals surface area contributed by atoms with E-state index in [9.17, 15) is 0 Å². The monoisotopic (exact) mass is 737 g/mol. The number of aliphatic hydroxyl groups is 3. The summed E-state index contributed by atoms with van der Waals surface area (Å²) in [5.74, 6) is 3.74. The first kappa shape index (κ1) is 46.1. The Kier molecular flexibility index (Phi) is 29.0. The van der Waals surface area contributed by atoms with Crippen molar-refractivity contribution in [2.24, 2.45) is 11.8 Å². The minimum absolute atomic E-state index is 0.500. The van der Waals surface area contributed by atoms with Gasteiger partial charge in [-0.3, -0.25) is 0 Å². The van der Waals surface area contributed by atoms with Crippen LogP contribution in [0.5, 0.6) is 0 Å². The van der Waals surface area contributed by atoms with Gasteiger partial charge < -0.3 is 15.3 Å². The number of hydrogen-bond acceptors (Lipinski definition) is 3. The Labute approximate surface area is 265 Å². The Bertz CT molecular complexity index is 911. The Morgan fingerprint density at radius 2 is 1.02 bits per heavy atom. The van der Waals surface area contributed by atoms with E-state index in [1.807, 2.05) is 30.3 Å². The predicted octanol–water partition coefficient (Wildman–Crippen LogP) is 9.28. The molecule has 0 radical (unpaired) electrons. The van der Waals surface area contributed by atoms with E-state index < -0.39 is 16.8 Å².